The van der Waals surface area contributed by atoms with Crippen LogP contribution in [-0.2, 0) is 40.7 Å². The Bertz CT molecular complexity index is 2540. The summed E-state index contributed by atoms with van der Waals surface area (Å²) in [5.41, 5.74) is 2.06. The lowest BCUT2D eigenvalue weighted by molar-refractivity contribution is -0.427. The standard InChI is InChI=1S/C37H34N2O10S2/c1-36(2)30(38(20-32(40)41)26-18-16-22-24(34(26)36)10-8-12-28(22)50(44,45)46)14-6-5-7-15-31-37(3,4)35-25-11-9-13-29(51(47,48)49)23(25)17-19-27(35)39(31)21-33(42)43/h5-19H,20-21H2,1-4H3,(H3-,40,41,42,43,44,45,46,47,48,49)/p-1. The zero-order chi connectivity index (χ0) is 37.3. The van der Waals surface area contributed by atoms with Gasteiger partial charge >= 0.3 is 11.9 Å². The summed E-state index contributed by atoms with van der Waals surface area (Å²) in [4.78, 5) is 24.9. The van der Waals surface area contributed by atoms with Crippen LogP contribution in [0, 0.1) is 0 Å². The molecule has 4 aromatic carbocycles. The Morgan fingerprint density at radius 2 is 1.29 bits per heavy atom. The van der Waals surface area contributed by atoms with E-state index in [1.807, 2.05) is 27.7 Å². The number of hydrogen-bond acceptors (Lipinski definition) is 9. The van der Waals surface area contributed by atoms with Crippen molar-refractivity contribution in [1.82, 2.24) is 0 Å². The quantitative estimate of drug-likeness (QED) is 0.132. The summed E-state index contributed by atoms with van der Waals surface area (Å²) >= 11 is 0. The molecule has 2 N–H and O–H groups in total. The Kier molecular flexibility index (Phi) is 8.58. The highest BCUT2D eigenvalue weighted by Crippen LogP contribution is 2.51. The second-order valence-electron chi connectivity index (χ2n) is 13.4. The number of carbonyl (C=O) groups is 2. The molecule has 2 aliphatic heterocycles. The van der Waals surface area contributed by atoms with Gasteiger partial charge in [0.25, 0.3) is 0 Å². The van der Waals surface area contributed by atoms with Crippen molar-refractivity contribution in [3.8, 4) is 0 Å². The minimum absolute atomic E-state index is 0.246. The number of anilines is 1. The molecule has 0 aromatic heterocycles. The molecule has 0 spiro atoms. The van der Waals surface area contributed by atoms with Gasteiger partial charge in [-0.25, -0.2) is 21.6 Å². The largest absolute Gasteiger partial charge is 0.744 e. The molecule has 0 bridgehead atoms. The van der Waals surface area contributed by atoms with Crippen LogP contribution in [0.15, 0.2) is 107 Å². The van der Waals surface area contributed by atoms with Gasteiger partial charge in [0.05, 0.1) is 15.2 Å². The molecule has 0 fully saturated rings. The van der Waals surface area contributed by atoms with Gasteiger partial charge in [-0.3, -0.25) is 4.79 Å². The normalized spacial score (nSPS) is 17.7. The van der Waals surface area contributed by atoms with Crippen LogP contribution in [0.25, 0.3) is 21.5 Å². The number of rotatable bonds is 9. The maximum absolute atomic E-state index is 12.0. The summed E-state index contributed by atoms with van der Waals surface area (Å²) in [5.74, 6) is -2.18. The smallest absolute Gasteiger partial charge is 0.370 e. The Labute approximate surface area is 294 Å². The first-order chi connectivity index (χ1) is 23.8. The van der Waals surface area contributed by atoms with Gasteiger partial charge in [-0.2, -0.15) is 4.58 Å². The lowest BCUT2D eigenvalue weighted by Crippen LogP contribution is -2.30. The van der Waals surface area contributed by atoms with E-state index in [0.29, 0.717) is 44.7 Å². The Morgan fingerprint density at radius 3 is 1.84 bits per heavy atom. The van der Waals surface area contributed by atoms with Crippen LogP contribution >= 0.6 is 0 Å². The average Bonchev–Trinajstić information content (AvgIpc) is 3.37. The van der Waals surface area contributed by atoms with Gasteiger partial charge in [0.1, 0.15) is 26.8 Å². The van der Waals surface area contributed by atoms with E-state index in [0.717, 1.165) is 0 Å². The molecule has 0 atom stereocenters. The molecule has 0 radical (unpaired) electrons. The summed E-state index contributed by atoms with van der Waals surface area (Å²) in [5, 5.41) is 21.1. The maximum atomic E-state index is 12.0. The van der Waals surface area contributed by atoms with E-state index in [4.69, 9.17) is 0 Å². The molecule has 2 aliphatic rings. The second-order valence-corrected chi connectivity index (χ2v) is 16.1. The fourth-order valence-electron chi connectivity index (χ4n) is 7.59. The maximum Gasteiger partial charge on any atom is 0.370 e. The summed E-state index contributed by atoms with van der Waals surface area (Å²) in [6, 6.07) is 15.1. The summed E-state index contributed by atoms with van der Waals surface area (Å²) in [6.07, 6.45) is 8.63. The second kappa shape index (κ2) is 12.3. The van der Waals surface area contributed by atoms with Crippen molar-refractivity contribution in [2.24, 2.45) is 0 Å². The topological polar surface area (TPSA) is 195 Å². The first-order valence-electron chi connectivity index (χ1n) is 15.7. The molecule has 14 heteroatoms. The molecule has 51 heavy (non-hydrogen) atoms. The van der Waals surface area contributed by atoms with Crippen molar-refractivity contribution in [1.29, 1.82) is 0 Å². The molecular weight excluding hydrogens is 697 g/mol. The van der Waals surface area contributed by atoms with Gasteiger partial charge in [0, 0.05) is 34.5 Å². The van der Waals surface area contributed by atoms with E-state index < -0.39 is 43.0 Å². The molecule has 0 unspecified atom stereocenters. The number of carboxylic acid groups (broad SMARTS) is 2. The predicted octanol–water partition coefficient (Wildman–Crippen LogP) is 5.14. The molecule has 6 rings (SSSR count). The molecular formula is C37H33N2O10S2-. The first-order valence-corrected chi connectivity index (χ1v) is 18.5. The van der Waals surface area contributed by atoms with E-state index in [-0.39, 0.29) is 33.7 Å². The predicted molar refractivity (Wildman–Crippen MR) is 189 cm³/mol. The number of nitrogens with zero attached hydrogens (tertiary/aromatic N) is 2. The van der Waals surface area contributed by atoms with Crippen molar-refractivity contribution in [3.63, 3.8) is 0 Å². The van der Waals surface area contributed by atoms with E-state index >= 15 is 0 Å². The highest BCUT2D eigenvalue weighted by Gasteiger charge is 2.46. The van der Waals surface area contributed by atoms with Crippen LogP contribution in [0.1, 0.15) is 38.8 Å². The van der Waals surface area contributed by atoms with Gasteiger partial charge < -0.3 is 24.2 Å². The first kappa shape index (κ1) is 35.7. The van der Waals surface area contributed by atoms with E-state index in [1.54, 1.807) is 64.1 Å². The minimum Gasteiger partial charge on any atom is -0.744 e. The fourth-order valence-corrected chi connectivity index (χ4v) is 8.98. The summed E-state index contributed by atoms with van der Waals surface area (Å²) in [7, 11) is -9.56. The Morgan fingerprint density at radius 1 is 0.725 bits per heavy atom. The van der Waals surface area contributed by atoms with Crippen LogP contribution in [0.2, 0.25) is 0 Å². The number of hydrogen-bond donors (Lipinski definition) is 2. The van der Waals surface area contributed by atoms with Gasteiger partial charge in [-0.1, -0.05) is 62.4 Å². The zero-order valence-corrected chi connectivity index (χ0v) is 29.6. The number of benzene rings is 4. The Balaban J connectivity index is 1.41. The number of fused-ring (bicyclic) bond motifs is 6. The van der Waals surface area contributed by atoms with Gasteiger partial charge in [0.2, 0.25) is 12.2 Å². The molecule has 12 nitrogen and oxygen atoms in total. The third kappa shape index (κ3) is 6.03. The van der Waals surface area contributed by atoms with Crippen molar-refractivity contribution >= 4 is 70.8 Å². The van der Waals surface area contributed by atoms with Crippen molar-refractivity contribution in [3.05, 3.63) is 108 Å². The van der Waals surface area contributed by atoms with Crippen LogP contribution in [0.4, 0.5) is 11.4 Å². The lowest BCUT2D eigenvalue weighted by atomic mass is 9.79. The minimum atomic E-state index is -4.78. The van der Waals surface area contributed by atoms with Crippen LogP contribution in [0.5, 0.6) is 0 Å². The monoisotopic (exact) mass is 729 g/mol. The zero-order valence-electron chi connectivity index (χ0n) is 27.9. The van der Waals surface area contributed by atoms with Crippen LogP contribution < -0.4 is 4.90 Å². The molecule has 0 saturated carbocycles. The number of aliphatic carboxylic acids is 2. The Hall–Kier alpha value is -5.15. The fraction of sp³-hybridized carbons (Fsp3) is 0.216. The van der Waals surface area contributed by atoms with E-state index in [1.165, 1.54) is 36.4 Å². The number of carboxylic acids is 2. The third-order valence-corrected chi connectivity index (χ3v) is 11.3. The third-order valence-electron chi connectivity index (χ3n) is 9.55. The highest BCUT2D eigenvalue weighted by molar-refractivity contribution is 7.86. The van der Waals surface area contributed by atoms with Crippen molar-refractivity contribution in [2.45, 2.75) is 48.3 Å². The molecule has 4 aromatic rings. The highest BCUT2D eigenvalue weighted by atomic mass is 32.2. The molecule has 2 heterocycles. The van der Waals surface area contributed by atoms with Gasteiger partial charge in [0.15, 0.2) is 5.71 Å². The van der Waals surface area contributed by atoms with Crippen molar-refractivity contribution in [2.75, 3.05) is 18.0 Å². The average molecular weight is 730 g/mol. The summed E-state index contributed by atoms with van der Waals surface area (Å²) < 4.78 is 73.8. The molecule has 0 aliphatic carbocycles. The molecule has 0 amide bonds. The molecule has 264 valence electrons. The van der Waals surface area contributed by atoms with Gasteiger partial charge in [-0.05, 0) is 71.3 Å². The van der Waals surface area contributed by atoms with Crippen molar-refractivity contribution < 1.29 is 50.3 Å². The van der Waals surface area contributed by atoms with Crippen LogP contribution in [0.3, 0.4) is 0 Å². The number of allylic oxidation sites excluding steroid dienone is 6. The van der Waals surface area contributed by atoms with Crippen LogP contribution in [-0.4, -0.2) is 71.5 Å². The van der Waals surface area contributed by atoms with Gasteiger partial charge in [-0.15, -0.1) is 0 Å². The molecule has 0 saturated heterocycles. The van der Waals surface area contributed by atoms with E-state index in [2.05, 4.69) is 0 Å². The van der Waals surface area contributed by atoms with E-state index in [9.17, 15) is 45.7 Å². The SMILES string of the molecule is CC1(C)C(/C=C/C=C/C=C2/N(CC(=O)O)c3ccc4c(S(=O)(=O)[O-])cccc4c3C2(C)C)=[N+](CC(=O)O)c2ccc3c(S(=O)(=O)[O-])cccc3c21. The summed E-state index contributed by atoms with van der Waals surface area (Å²) in [6.45, 7) is 6.77. The lowest BCUT2D eigenvalue weighted by Gasteiger charge is -2.26.